The van der Waals surface area contributed by atoms with E-state index in [2.05, 4.69) is 12.6 Å². The Balaban J connectivity index is 3.21. The SMILES string of the molecule is COc1cc(Cl)c(S)c(Cl)c1. The van der Waals surface area contributed by atoms with Gasteiger partial charge in [-0.25, -0.2) is 0 Å². The van der Waals surface area contributed by atoms with Crippen molar-refractivity contribution in [2.24, 2.45) is 0 Å². The number of halogens is 2. The molecule has 1 rings (SSSR count). The Morgan fingerprint density at radius 1 is 1.27 bits per heavy atom. The maximum atomic E-state index is 5.76. The van der Waals surface area contributed by atoms with Crippen molar-refractivity contribution >= 4 is 35.8 Å². The maximum Gasteiger partial charge on any atom is 0.121 e. The summed E-state index contributed by atoms with van der Waals surface area (Å²) >= 11 is 15.6. The molecule has 11 heavy (non-hydrogen) atoms. The summed E-state index contributed by atoms with van der Waals surface area (Å²) < 4.78 is 4.93. The van der Waals surface area contributed by atoms with Crippen LogP contribution in [0.1, 0.15) is 0 Å². The van der Waals surface area contributed by atoms with Crippen molar-refractivity contribution in [3.05, 3.63) is 22.2 Å². The molecule has 1 nitrogen and oxygen atoms in total. The number of hydrogen-bond acceptors (Lipinski definition) is 2. The van der Waals surface area contributed by atoms with Gasteiger partial charge in [-0.15, -0.1) is 12.6 Å². The lowest BCUT2D eigenvalue weighted by Gasteiger charge is -2.03. The third-order valence-corrected chi connectivity index (χ3v) is 2.57. The van der Waals surface area contributed by atoms with Crippen LogP contribution in [0.2, 0.25) is 10.0 Å². The minimum Gasteiger partial charge on any atom is -0.497 e. The first-order chi connectivity index (χ1) is 5.15. The van der Waals surface area contributed by atoms with E-state index in [1.165, 1.54) is 0 Å². The van der Waals surface area contributed by atoms with Gasteiger partial charge in [0.05, 0.1) is 17.2 Å². The Hall–Kier alpha value is -0.0500. The fourth-order valence-corrected chi connectivity index (χ4v) is 1.26. The molecule has 0 aliphatic heterocycles. The summed E-state index contributed by atoms with van der Waals surface area (Å²) in [5, 5.41) is 0.996. The highest BCUT2D eigenvalue weighted by atomic mass is 35.5. The molecule has 0 aliphatic rings. The van der Waals surface area contributed by atoms with Crippen LogP contribution in [0.15, 0.2) is 17.0 Å². The Morgan fingerprint density at radius 2 is 1.73 bits per heavy atom. The van der Waals surface area contributed by atoms with E-state index in [4.69, 9.17) is 27.9 Å². The van der Waals surface area contributed by atoms with Gasteiger partial charge in [0.25, 0.3) is 0 Å². The smallest absolute Gasteiger partial charge is 0.121 e. The number of thiol groups is 1. The molecule has 1 aromatic rings. The monoisotopic (exact) mass is 208 g/mol. The summed E-state index contributed by atoms with van der Waals surface area (Å²) in [6.07, 6.45) is 0. The number of rotatable bonds is 1. The molecule has 0 aromatic heterocycles. The average molecular weight is 209 g/mol. The van der Waals surface area contributed by atoms with E-state index in [1.807, 2.05) is 0 Å². The van der Waals surface area contributed by atoms with Gasteiger partial charge >= 0.3 is 0 Å². The first-order valence-electron chi connectivity index (χ1n) is 2.87. The molecule has 4 heteroatoms. The van der Waals surface area contributed by atoms with Gasteiger partial charge in [-0.1, -0.05) is 23.2 Å². The van der Waals surface area contributed by atoms with Crippen molar-refractivity contribution in [1.82, 2.24) is 0 Å². The predicted octanol–water partition coefficient (Wildman–Crippen LogP) is 3.29. The summed E-state index contributed by atoms with van der Waals surface area (Å²) in [6.45, 7) is 0. The fourth-order valence-electron chi connectivity index (χ4n) is 0.660. The van der Waals surface area contributed by atoms with E-state index < -0.39 is 0 Å². The lowest BCUT2D eigenvalue weighted by molar-refractivity contribution is 0.414. The Kier molecular flexibility index (Phi) is 2.93. The van der Waals surface area contributed by atoms with Crippen molar-refractivity contribution in [3.8, 4) is 5.75 Å². The molecular weight excluding hydrogens is 203 g/mol. The lowest BCUT2D eigenvalue weighted by atomic mass is 10.3. The molecule has 0 saturated carbocycles. The van der Waals surface area contributed by atoms with Crippen LogP contribution < -0.4 is 4.74 Å². The van der Waals surface area contributed by atoms with Crippen LogP contribution in [0.4, 0.5) is 0 Å². The largest absolute Gasteiger partial charge is 0.497 e. The van der Waals surface area contributed by atoms with E-state index in [-0.39, 0.29) is 0 Å². The molecule has 0 spiro atoms. The summed E-state index contributed by atoms with van der Waals surface area (Å²) in [5.74, 6) is 0.637. The zero-order valence-electron chi connectivity index (χ0n) is 5.77. The quantitative estimate of drug-likeness (QED) is 0.698. The van der Waals surface area contributed by atoms with Crippen molar-refractivity contribution < 1.29 is 4.74 Å². The second-order valence-corrected chi connectivity index (χ2v) is 3.20. The molecule has 0 N–H and O–H groups in total. The minimum atomic E-state index is 0.498. The van der Waals surface area contributed by atoms with Gasteiger partial charge in [0.15, 0.2) is 0 Å². The highest BCUT2D eigenvalue weighted by Gasteiger charge is 2.03. The Morgan fingerprint density at radius 3 is 2.09 bits per heavy atom. The zero-order valence-corrected chi connectivity index (χ0v) is 8.17. The molecule has 0 atom stereocenters. The van der Waals surface area contributed by atoms with Crippen LogP contribution in [-0.2, 0) is 0 Å². The third-order valence-electron chi connectivity index (χ3n) is 1.23. The topological polar surface area (TPSA) is 9.23 Å². The van der Waals surface area contributed by atoms with Crippen molar-refractivity contribution in [2.75, 3.05) is 7.11 Å². The van der Waals surface area contributed by atoms with Gasteiger partial charge in [-0.05, 0) is 12.1 Å². The van der Waals surface area contributed by atoms with Crippen LogP contribution in [0, 0.1) is 0 Å². The molecule has 0 aliphatic carbocycles. The summed E-state index contributed by atoms with van der Waals surface area (Å²) in [7, 11) is 1.56. The zero-order chi connectivity index (χ0) is 8.43. The van der Waals surface area contributed by atoms with Gasteiger partial charge in [-0.3, -0.25) is 0 Å². The molecule has 0 unspecified atom stereocenters. The summed E-state index contributed by atoms with van der Waals surface area (Å²) in [4.78, 5) is 0.578. The molecule has 0 radical (unpaired) electrons. The lowest BCUT2D eigenvalue weighted by Crippen LogP contribution is -1.83. The van der Waals surface area contributed by atoms with Crippen LogP contribution in [0.3, 0.4) is 0 Å². The van der Waals surface area contributed by atoms with E-state index in [1.54, 1.807) is 19.2 Å². The second-order valence-electron chi connectivity index (χ2n) is 1.94. The fraction of sp³-hybridized carbons (Fsp3) is 0.143. The average Bonchev–Trinajstić information content (AvgIpc) is 1.99. The summed E-state index contributed by atoms with van der Waals surface area (Å²) in [5.41, 5.74) is 0. The van der Waals surface area contributed by atoms with E-state index in [9.17, 15) is 0 Å². The number of methoxy groups -OCH3 is 1. The highest BCUT2D eigenvalue weighted by Crippen LogP contribution is 2.32. The van der Waals surface area contributed by atoms with Gasteiger partial charge in [-0.2, -0.15) is 0 Å². The Labute approximate surface area is 80.7 Å². The van der Waals surface area contributed by atoms with Crippen molar-refractivity contribution in [1.29, 1.82) is 0 Å². The van der Waals surface area contributed by atoms with Crippen molar-refractivity contribution in [2.45, 2.75) is 4.90 Å². The molecule has 60 valence electrons. The molecule has 0 amide bonds. The molecule has 1 aromatic carbocycles. The standard InChI is InChI=1S/C7H6Cl2OS/c1-10-4-2-5(8)7(11)6(9)3-4/h2-3,11H,1H3. The number of benzene rings is 1. The molecule has 0 fully saturated rings. The number of ether oxygens (including phenoxy) is 1. The van der Waals surface area contributed by atoms with Gasteiger partial charge in [0.2, 0.25) is 0 Å². The van der Waals surface area contributed by atoms with E-state index in [0.29, 0.717) is 20.7 Å². The van der Waals surface area contributed by atoms with E-state index >= 15 is 0 Å². The van der Waals surface area contributed by atoms with Gasteiger partial charge in [0, 0.05) is 4.90 Å². The molecule has 0 saturated heterocycles. The van der Waals surface area contributed by atoms with Gasteiger partial charge in [0.1, 0.15) is 5.75 Å². The van der Waals surface area contributed by atoms with E-state index in [0.717, 1.165) is 0 Å². The van der Waals surface area contributed by atoms with Crippen LogP contribution in [0.25, 0.3) is 0 Å². The normalized spacial score (nSPS) is 9.82. The minimum absolute atomic E-state index is 0.498. The third kappa shape index (κ3) is 1.95. The molecular formula is C7H6Cl2OS. The summed E-state index contributed by atoms with van der Waals surface area (Å²) in [6, 6.07) is 3.32. The number of hydrogen-bond donors (Lipinski definition) is 1. The van der Waals surface area contributed by atoms with Crippen LogP contribution in [0.5, 0.6) is 5.75 Å². The maximum absolute atomic E-state index is 5.76. The van der Waals surface area contributed by atoms with Crippen LogP contribution >= 0.6 is 35.8 Å². The predicted molar refractivity (Wildman–Crippen MR) is 50.3 cm³/mol. The highest BCUT2D eigenvalue weighted by molar-refractivity contribution is 7.80. The Bertz CT molecular complexity index is 252. The first kappa shape index (κ1) is 9.04. The molecule has 0 heterocycles. The first-order valence-corrected chi connectivity index (χ1v) is 4.07. The van der Waals surface area contributed by atoms with Crippen LogP contribution in [-0.4, -0.2) is 7.11 Å². The molecule has 0 bridgehead atoms. The second kappa shape index (κ2) is 3.57. The van der Waals surface area contributed by atoms with Gasteiger partial charge < -0.3 is 4.74 Å². The van der Waals surface area contributed by atoms with Crippen molar-refractivity contribution in [3.63, 3.8) is 0 Å².